The van der Waals surface area contributed by atoms with Gasteiger partial charge < -0.3 is 15.3 Å². The van der Waals surface area contributed by atoms with Crippen molar-refractivity contribution in [3.63, 3.8) is 0 Å². The monoisotopic (exact) mass is 218 g/mol. The highest BCUT2D eigenvalue weighted by molar-refractivity contribution is 6.04. The third-order valence-corrected chi connectivity index (χ3v) is 2.63. The van der Waals surface area contributed by atoms with Gasteiger partial charge in [-0.05, 0) is 17.9 Å². The van der Waals surface area contributed by atoms with Gasteiger partial charge in [0.05, 0.1) is 0 Å². The molecule has 0 aromatic heterocycles. The number of carboxylic acids is 1. The normalized spacial score (nSPS) is 10.6. The topological polar surface area (TPSA) is 77.8 Å². The summed E-state index contributed by atoms with van der Waals surface area (Å²) in [7, 11) is 0. The van der Waals surface area contributed by atoms with E-state index in [1.165, 1.54) is 0 Å². The molecule has 4 nitrogen and oxygen atoms in total. The van der Waals surface area contributed by atoms with Gasteiger partial charge in [-0.15, -0.1) is 0 Å². The zero-order valence-electron chi connectivity index (χ0n) is 8.56. The molecule has 0 saturated carbocycles. The minimum absolute atomic E-state index is 0.385. The number of carboxylic acid groups (broad SMARTS) is 1. The first-order valence-electron chi connectivity index (χ1n) is 4.70. The largest absolute Gasteiger partial charge is 0.507 e. The van der Waals surface area contributed by atoms with Crippen molar-refractivity contribution in [1.82, 2.24) is 0 Å². The molecule has 0 unspecified atom stereocenters. The molecule has 2 aromatic rings. The summed E-state index contributed by atoms with van der Waals surface area (Å²) in [4.78, 5) is 10.9. The molecule has 0 fully saturated rings. The van der Waals surface area contributed by atoms with Gasteiger partial charge in [0.2, 0.25) is 0 Å². The molecule has 2 rings (SSSR count). The van der Waals surface area contributed by atoms with Crippen molar-refractivity contribution >= 4 is 16.7 Å². The Bertz CT molecular complexity index is 587. The van der Waals surface area contributed by atoms with E-state index in [1.54, 1.807) is 31.2 Å². The Morgan fingerprint density at radius 1 is 1.06 bits per heavy atom. The zero-order chi connectivity index (χ0) is 11.9. The number of aromatic carboxylic acids is 1. The molecule has 0 radical (unpaired) electrons. The van der Waals surface area contributed by atoms with Crippen molar-refractivity contribution < 1.29 is 20.1 Å². The molecule has 0 aliphatic rings. The van der Waals surface area contributed by atoms with Gasteiger partial charge in [-0.3, -0.25) is 0 Å². The van der Waals surface area contributed by atoms with E-state index in [2.05, 4.69) is 0 Å². The van der Waals surface area contributed by atoms with E-state index in [1.807, 2.05) is 0 Å². The Kier molecular flexibility index (Phi) is 2.20. The summed E-state index contributed by atoms with van der Waals surface area (Å²) in [5.74, 6) is -2.13. The smallest absolute Gasteiger partial charge is 0.343 e. The highest BCUT2D eigenvalue weighted by atomic mass is 16.4. The molecule has 0 atom stereocenters. The van der Waals surface area contributed by atoms with E-state index in [0.29, 0.717) is 16.3 Å². The SMILES string of the molecule is Cc1c(O)c(C(=O)O)c(O)c2ccccc12. The van der Waals surface area contributed by atoms with Gasteiger partial charge >= 0.3 is 5.97 Å². The predicted molar refractivity (Wildman–Crippen MR) is 59.0 cm³/mol. The Hall–Kier alpha value is -2.23. The third kappa shape index (κ3) is 1.27. The van der Waals surface area contributed by atoms with E-state index < -0.39 is 17.3 Å². The number of rotatable bonds is 1. The summed E-state index contributed by atoms with van der Waals surface area (Å²) in [6.45, 7) is 1.61. The highest BCUT2D eigenvalue weighted by Crippen LogP contribution is 2.38. The fourth-order valence-electron chi connectivity index (χ4n) is 1.78. The van der Waals surface area contributed by atoms with E-state index >= 15 is 0 Å². The van der Waals surface area contributed by atoms with Gasteiger partial charge in [0.1, 0.15) is 17.1 Å². The van der Waals surface area contributed by atoms with Crippen molar-refractivity contribution in [3.8, 4) is 11.5 Å². The summed E-state index contributed by atoms with van der Waals surface area (Å²) < 4.78 is 0. The van der Waals surface area contributed by atoms with Crippen LogP contribution in [0.1, 0.15) is 15.9 Å². The molecule has 4 heteroatoms. The molecule has 0 aliphatic carbocycles. The Morgan fingerprint density at radius 3 is 2.19 bits per heavy atom. The number of aromatic hydroxyl groups is 2. The Morgan fingerprint density at radius 2 is 1.62 bits per heavy atom. The highest BCUT2D eigenvalue weighted by Gasteiger charge is 2.21. The molecule has 0 spiro atoms. The number of benzene rings is 2. The molecule has 0 heterocycles. The number of carbonyl (C=O) groups is 1. The second-order valence-corrected chi connectivity index (χ2v) is 3.55. The van der Waals surface area contributed by atoms with Crippen LogP contribution in [0.2, 0.25) is 0 Å². The van der Waals surface area contributed by atoms with Crippen LogP contribution in [0, 0.1) is 6.92 Å². The average Bonchev–Trinajstić information content (AvgIpc) is 2.26. The molecule has 0 amide bonds. The molecule has 2 aromatic carbocycles. The second-order valence-electron chi connectivity index (χ2n) is 3.55. The van der Waals surface area contributed by atoms with Crippen LogP contribution >= 0.6 is 0 Å². The summed E-state index contributed by atoms with van der Waals surface area (Å²) in [6, 6.07) is 6.79. The molecule has 0 bridgehead atoms. The summed E-state index contributed by atoms with van der Waals surface area (Å²) in [6.07, 6.45) is 0. The van der Waals surface area contributed by atoms with Crippen molar-refractivity contribution in [2.75, 3.05) is 0 Å². The van der Waals surface area contributed by atoms with Crippen LogP contribution in [-0.4, -0.2) is 21.3 Å². The summed E-state index contributed by atoms with van der Waals surface area (Å²) in [5, 5.41) is 29.5. The first-order valence-corrected chi connectivity index (χ1v) is 4.70. The van der Waals surface area contributed by atoms with Gasteiger partial charge in [0.15, 0.2) is 0 Å². The molecule has 16 heavy (non-hydrogen) atoms. The molecule has 82 valence electrons. The standard InChI is InChI=1S/C12H10O4/c1-6-7-4-2-3-5-8(7)11(14)9(10(6)13)12(15)16/h2-5,13-14H,1H3,(H,15,16). The molecule has 0 saturated heterocycles. The number of phenols is 2. The maximum atomic E-state index is 10.9. The lowest BCUT2D eigenvalue weighted by molar-refractivity contribution is 0.0690. The van der Waals surface area contributed by atoms with Gasteiger partial charge in [0, 0.05) is 5.39 Å². The van der Waals surface area contributed by atoms with Gasteiger partial charge in [-0.25, -0.2) is 4.79 Å². The minimum atomic E-state index is -1.34. The average molecular weight is 218 g/mol. The quantitative estimate of drug-likeness (QED) is 0.686. The van der Waals surface area contributed by atoms with Crippen LogP contribution < -0.4 is 0 Å². The fourth-order valence-corrected chi connectivity index (χ4v) is 1.78. The fraction of sp³-hybridized carbons (Fsp3) is 0.0833. The van der Waals surface area contributed by atoms with E-state index in [0.717, 1.165) is 0 Å². The maximum absolute atomic E-state index is 10.9. The molecular weight excluding hydrogens is 208 g/mol. The molecular formula is C12H10O4. The van der Waals surface area contributed by atoms with E-state index in [9.17, 15) is 15.0 Å². The van der Waals surface area contributed by atoms with E-state index in [-0.39, 0.29) is 5.75 Å². The lowest BCUT2D eigenvalue weighted by atomic mass is 9.99. The van der Waals surface area contributed by atoms with Gasteiger partial charge in [0.25, 0.3) is 0 Å². The first-order chi connectivity index (χ1) is 7.54. The van der Waals surface area contributed by atoms with Crippen molar-refractivity contribution in [1.29, 1.82) is 0 Å². The number of fused-ring (bicyclic) bond motifs is 1. The van der Waals surface area contributed by atoms with Crippen LogP contribution in [0.5, 0.6) is 11.5 Å². The second kappa shape index (κ2) is 3.41. The van der Waals surface area contributed by atoms with Crippen molar-refractivity contribution in [2.24, 2.45) is 0 Å². The van der Waals surface area contributed by atoms with Crippen molar-refractivity contribution in [3.05, 3.63) is 35.4 Å². The molecule has 0 aliphatic heterocycles. The lowest BCUT2D eigenvalue weighted by Crippen LogP contribution is -1.99. The van der Waals surface area contributed by atoms with Crippen LogP contribution in [0.3, 0.4) is 0 Å². The van der Waals surface area contributed by atoms with Gasteiger partial charge in [-0.1, -0.05) is 24.3 Å². The first kappa shape index (κ1) is 10.3. The maximum Gasteiger partial charge on any atom is 0.343 e. The summed E-state index contributed by atoms with van der Waals surface area (Å²) >= 11 is 0. The van der Waals surface area contributed by atoms with E-state index in [4.69, 9.17) is 5.11 Å². The minimum Gasteiger partial charge on any atom is -0.507 e. The van der Waals surface area contributed by atoms with Crippen LogP contribution in [0.15, 0.2) is 24.3 Å². The number of hydrogen-bond donors (Lipinski definition) is 3. The number of hydrogen-bond acceptors (Lipinski definition) is 3. The molecule has 3 N–H and O–H groups in total. The van der Waals surface area contributed by atoms with Crippen LogP contribution in [0.4, 0.5) is 0 Å². The Balaban J connectivity index is 3.00. The Labute approximate surface area is 91.4 Å². The summed E-state index contributed by atoms with van der Waals surface area (Å²) in [5.41, 5.74) is 0.00185. The van der Waals surface area contributed by atoms with Crippen molar-refractivity contribution in [2.45, 2.75) is 6.92 Å². The van der Waals surface area contributed by atoms with Gasteiger partial charge in [-0.2, -0.15) is 0 Å². The lowest BCUT2D eigenvalue weighted by Gasteiger charge is -2.10. The predicted octanol–water partition coefficient (Wildman–Crippen LogP) is 2.26. The van der Waals surface area contributed by atoms with Crippen LogP contribution in [0.25, 0.3) is 10.8 Å². The van der Waals surface area contributed by atoms with Crippen LogP contribution in [-0.2, 0) is 0 Å². The zero-order valence-corrected chi connectivity index (χ0v) is 8.56. The number of aryl methyl sites for hydroxylation is 1. The third-order valence-electron chi connectivity index (χ3n) is 2.63.